The van der Waals surface area contributed by atoms with Gasteiger partial charge >= 0.3 is 0 Å². The van der Waals surface area contributed by atoms with Gasteiger partial charge in [-0.05, 0) is 48.9 Å². The Kier molecular flexibility index (Phi) is 2.48. The van der Waals surface area contributed by atoms with Crippen LogP contribution in [0.25, 0.3) is 22.6 Å². The molecule has 0 atom stereocenters. The fourth-order valence-corrected chi connectivity index (χ4v) is 1.95. The highest BCUT2D eigenvalue weighted by Gasteiger charge is 2.07. The van der Waals surface area contributed by atoms with E-state index in [4.69, 9.17) is 4.42 Å². The third-order valence-electron chi connectivity index (χ3n) is 2.54. The maximum atomic E-state index is 5.69. The summed E-state index contributed by atoms with van der Waals surface area (Å²) < 4.78 is 6.73. The molecule has 0 unspecified atom stereocenters. The molecule has 0 aliphatic carbocycles. The van der Waals surface area contributed by atoms with E-state index in [0.29, 0.717) is 5.89 Å². The molecule has 0 aliphatic heterocycles. The molecule has 0 aliphatic rings. The van der Waals surface area contributed by atoms with Gasteiger partial charge in [-0.15, -0.1) is 0 Å². The zero-order valence-electron chi connectivity index (χ0n) is 8.98. The van der Waals surface area contributed by atoms with E-state index in [1.54, 1.807) is 0 Å². The summed E-state index contributed by atoms with van der Waals surface area (Å²) in [5.74, 6) is 0.637. The minimum Gasteiger partial charge on any atom is -0.436 e. The molecule has 0 bridgehead atoms. The van der Waals surface area contributed by atoms with Crippen LogP contribution in [0.5, 0.6) is 0 Å². The van der Waals surface area contributed by atoms with E-state index in [9.17, 15) is 0 Å². The highest BCUT2D eigenvalue weighted by molar-refractivity contribution is 9.10. The third-order valence-corrected chi connectivity index (χ3v) is 3.07. The van der Waals surface area contributed by atoms with Gasteiger partial charge in [-0.3, -0.25) is 0 Å². The number of oxazole rings is 1. The molecule has 0 amide bonds. The highest BCUT2D eigenvalue weighted by atomic mass is 79.9. The molecule has 3 heteroatoms. The molecule has 1 heterocycles. The van der Waals surface area contributed by atoms with E-state index >= 15 is 0 Å². The van der Waals surface area contributed by atoms with Gasteiger partial charge in [0.15, 0.2) is 5.58 Å². The molecular formula is C14H9BrNO. The van der Waals surface area contributed by atoms with Crippen LogP contribution in [0.3, 0.4) is 0 Å². The molecule has 0 saturated carbocycles. The Morgan fingerprint density at radius 3 is 2.59 bits per heavy atom. The monoisotopic (exact) mass is 286 g/mol. The number of hydrogen-bond acceptors (Lipinski definition) is 2. The average molecular weight is 287 g/mol. The number of nitrogens with zero attached hydrogens (tertiary/aromatic N) is 1. The lowest BCUT2D eigenvalue weighted by molar-refractivity contribution is 0.620. The highest BCUT2D eigenvalue weighted by Crippen LogP contribution is 2.25. The van der Waals surface area contributed by atoms with Crippen LogP contribution in [0.15, 0.2) is 51.4 Å². The van der Waals surface area contributed by atoms with Crippen LogP contribution in [-0.4, -0.2) is 4.98 Å². The fraction of sp³-hybridized carbons (Fsp3) is 0. The van der Waals surface area contributed by atoms with Crippen molar-refractivity contribution in [1.82, 2.24) is 4.98 Å². The van der Waals surface area contributed by atoms with Crippen LogP contribution in [0.1, 0.15) is 5.56 Å². The number of fused-ring (bicyclic) bond motifs is 1. The zero-order chi connectivity index (χ0) is 11.8. The molecule has 1 aromatic heterocycles. The first-order valence-electron chi connectivity index (χ1n) is 5.21. The van der Waals surface area contributed by atoms with Crippen molar-refractivity contribution in [1.29, 1.82) is 0 Å². The third kappa shape index (κ3) is 1.98. The SMILES string of the molecule is [CH2]c1ccc2oc(-c3ccc(Br)cc3)nc2c1. The predicted octanol–water partition coefficient (Wildman–Crippen LogP) is 4.44. The van der Waals surface area contributed by atoms with Gasteiger partial charge in [0.05, 0.1) is 0 Å². The normalized spacial score (nSPS) is 10.9. The topological polar surface area (TPSA) is 26.0 Å². The van der Waals surface area contributed by atoms with Crippen molar-refractivity contribution in [3.63, 3.8) is 0 Å². The van der Waals surface area contributed by atoms with Gasteiger partial charge in [0.25, 0.3) is 0 Å². The first kappa shape index (κ1) is 10.5. The van der Waals surface area contributed by atoms with Gasteiger partial charge in [0.1, 0.15) is 5.52 Å². The number of halogens is 1. The summed E-state index contributed by atoms with van der Waals surface area (Å²) in [4.78, 5) is 4.45. The lowest BCUT2D eigenvalue weighted by Gasteiger charge is -1.94. The summed E-state index contributed by atoms with van der Waals surface area (Å²) in [7, 11) is 0. The minimum absolute atomic E-state index is 0.637. The number of benzene rings is 2. The number of rotatable bonds is 1. The Hall–Kier alpha value is -1.61. The maximum absolute atomic E-state index is 5.69. The molecule has 2 nitrogen and oxygen atoms in total. The summed E-state index contributed by atoms with van der Waals surface area (Å²) in [5.41, 5.74) is 3.54. The lowest BCUT2D eigenvalue weighted by atomic mass is 10.2. The van der Waals surface area contributed by atoms with E-state index in [1.165, 1.54) is 0 Å². The van der Waals surface area contributed by atoms with Crippen molar-refractivity contribution < 1.29 is 4.42 Å². The fourth-order valence-electron chi connectivity index (χ4n) is 1.69. The molecule has 3 aromatic rings. The Morgan fingerprint density at radius 2 is 1.82 bits per heavy atom. The van der Waals surface area contributed by atoms with E-state index in [0.717, 1.165) is 26.7 Å². The largest absolute Gasteiger partial charge is 0.436 e. The molecule has 1 radical (unpaired) electrons. The number of hydrogen-bond donors (Lipinski definition) is 0. The second-order valence-electron chi connectivity index (χ2n) is 3.83. The summed E-state index contributed by atoms with van der Waals surface area (Å²) in [6.07, 6.45) is 0. The predicted molar refractivity (Wildman–Crippen MR) is 71.6 cm³/mol. The average Bonchev–Trinajstić information content (AvgIpc) is 2.72. The van der Waals surface area contributed by atoms with Crippen LogP contribution in [0.4, 0.5) is 0 Å². The van der Waals surface area contributed by atoms with Crippen LogP contribution in [-0.2, 0) is 0 Å². The van der Waals surface area contributed by atoms with E-state index in [-0.39, 0.29) is 0 Å². The summed E-state index contributed by atoms with van der Waals surface area (Å²) in [6.45, 7) is 3.88. The van der Waals surface area contributed by atoms with Crippen molar-refractivity contribution in [3.05, 3.63) is 59.4 Å². The first-order chi connectivity index (χ1) is 8.22. The Labute approximate surface area is 107 Å². The molecule has 3 rings (SSSR count). The molecule has 2 aromatic carbocycles. The summed E-state index contributed by atoms with van der Waals surface area (Å²) in [6, 6.07) is 13.6. The van der Waals surface area contributed by atoms with Crippen LogP contribution >= 0.6 is 15.9 Å². The van der Waals surface area contributed by atoms with E-state index in [2.05, 4.69) is 27.8 Å². The summed E-state index contributed by atoms with van der Waals surface area (Å²) >= 11 is 3.40. The van der Waals surface area contributed by atoms with Crippen LogP contribution in [0, 0.1) is 6.92 Å². The second-order valence-corrected chi connectivity index (χ2v) is 4.74. The molecular weight excluding hydrogens is 278 g/mol. The van der Waals surface area contributed by atoms with Gasteiger partial charge in [-0.2, -0.15) is 0 Å². The summed E-state index contributed by atoms with van der Waals surface area (Å²) in [5, 5.41) is 0. The van der Waals surface area contributed by atoms with Gasteiger partial charge in [0, 0.05) is 10.0 Å². The van der Waals surface area contributed by atoms with Crippen molar-refractivity contribution in [2.24, 2.45) is 0 Å². The molecule has 0 N–H and O–H groups in total. The second kappa shape index (κ2) is 4.00. The van der Waals surface area contributed by atoms with Gasteiger partial charge < -0.3 is 4.42 Å². The molecule has 83 valence electrons. The van der Waals surface area contributed by atoms with Crippen LogP contribution in [0.2, 0.25) is 0 Å². The number of aromatic nitrogens is 1. The van der Waals surface area contributed by atoms with E-state index < -0.39 is 0 Å². The van der Waals surface area contributed by atoms with Gasteiger partial charge in [-0.25, -0.2) is 4.98 Å². The Balaban J connectivity index is 2.14. The maximum Gasteiger partial charge on any atom is 0.227 e. The Morgan fingerprint density at radius 1 is 1.06 bits per heavy atom. The quantitative estimate of drug-likeness (QED) is 0.661. The van der Waals surface area contributed by atoms with E-state index in [1.807, 2.05) is 42.5 Å². The minimum atomic E-state index is 0.637. The van der Waals surface area contributed by atoms with Crippen molar-refractivity contribution in [2.45, 2.75) is 0 Å². The zero-order valence-corrected chi connectivity index (χ0v) is 10.6. The van der Waals surface area contributed by atoms with Crippen molar-refractivity contribution in [2.75, 3.05) is 0 Å². The lowest BCUT2D eigenvalue weighted by Crippen LogP contribution is -1.76. The van der Waals surface area contributed by atoms with Crippen LogP contribution < -0.4 is 0 Å². The van der Waals surface area contributed by atoms with Gasteiger partial charge in [0.2, 0.25) is 5.89 Å². The molecule has 17 heavy (non-hydrogen) atoms. The molecule has 0 saturated heterocycles. The van der Waals surface area contributed by atoms with Gasteiger partial charge in [-0.1, -0.05) is 22.0 Å². The smallest absolute Gasteiger partial charge is 0.227 e. The Bertz CT molecular complexity index is 670. The molecule has 0 spiro atoms. The molecule has 0 fully saturated rings. The standard InChI is InChI=1S/C14H9BrNO/c1-9-2-7-13-12(8-9)16-14(17-13)10-3-5-11(15)6-4-10/h2-8H,1H2. The van der Waals surface area contributed by atoms with Crippen molar-refractivity contribution >= 4 is 27.0 Å². The first-order valence-corrected chi connectivity index (χ1v) is 6.00. The van der Waals surface area contributed by atoms with Crippen molar-refractivity contribution in [3.8, 4) is 11.5 Å².